The van der Waals surface area contributed by atoms with Crippen LogP contribution in [0.15, 0.2) is 71.9 Å². The van der Waals surface area contributed by atoms with Gasteiger partial charge in [-0.15, -0.1) is 0 Å². The number of hydrogen-bond acceptors (Lipinski definition) is 5. The van der Waals surface area contributed by atoms with Crippen molar-refractivity contribution in [1.82, 2.24) is 20.1 Å². The van der Waals surface area contributed by atoms with Crippen molar-refractivity contribution in [1.29, 1.82) is 0 Å². The van der Waals surface area contributed by atoms with E-state index in [1.165, 1.54) is 4.68 Å². The molecule has 3 heterocycles. The Morgan fingerprint density at radius 3 is 2.69 bits per heavy atom. The number of nitrogens with zero attached hydrogens (tertiary/aromatic N) is 4. The van der Waals surface area contributed by atoms with Gasteiger partial charge in [0.25, 0.3) is 5.56 Å². The van der Waals surface area contributed by atoms with Crippen LogP contribution < -0.4 is 15.8 Å². The molecule has 3 aromatic rings. The van der Waals surface area contributed by atoms with Crippen LogP contribution in [-0.4, -0.2) is 33.8 Å². The molecule has 0 saturated carbocycles. The molecule has 0 spiro atoms. The van der Waals surface area contributed by atoms with E-state index in [-0.39, 0.29) is 17.4 Å². The second-order valence-electron chi connectivity index (χ2n) is 7.21. The van der Waals surface area contributed by atoms with Gasteiger partial charge in [-0.2, -0.15) is 5.10 Å². The zero-order valence-electron chi connectivity index (χ0n) is 16.1. The molecular formula is C22H23N5O2. The maximum absolute atomic E-state index is 12.5. The highest BCUT2D eigenvalue weighted by Crippen LogP contribution is 2.22. The Hall–Kier alpha value is -3.48. The minimum absolute atomic E-state index is 0.0294. The minimum Gasteiger partial charge on any atom is -0.369 e. The lowest BCUT2D eigenvalue weighted by Crippen LogP contribution is -2.33. The van der Waals surface area contributed by atoms with Crippen LogP contribution in [0.2, 0.25) is 0 Å². The Bertz CT molecular complexity index is 1020. The Kier molecular flexibility index (Phi) is 5.65. The minimum atomic E-state index is -0.143. The van der Waals surface area contributed by atoms with E-state index in [9.17, 15) is 9.59 Å². The van der Waals surface area contributed by atoms with Gasteiger partial charge in [0, 0.05) is 38.1 Å². The normalized spacial score (nSPS) is 16.0. The summed E-state index contributed by atoms with van der Waals surface area (Å²) in [5.41, 5.74) is 2.63. The molecule has 1 fully saturated rings. The Labute approximate surface area is 169 Å². The molecule has 1 N–H and O–H groups in total. The first-order chi connectivity index (χ1) is 14.2. The number of carbonyl (C=O) groups excluding carboxylic acids is 1. The zero-order valence-corrected chi connectivity index (χ0v) is 16.1. The largest absolute Gasteiger partial charge is 0.369 e. The van der Waals surface area contributed by atoms with E-state index >= 15 is 0 Å². The fraction of sp³-hybridized carbons (Fsp3) is 0.273. The van der Waals surface area contributed by atoms with Crippen molar-refractivity contribution >= 4 is 11.6 Å². The number of nitrogens with one attached hydrogen (secondary N) is 1. The van der Waals surface area contributed by atoms with Crippen molar-refractivity contribution in [2.75, 3.05) is 18.0 Å². The van der Waals surface area contributed by atoms with Gasteiger partial charge in [-0.3, -0.25) is 14.6 Å². The summed E-state index contributed by atoms with van der Waals surface area (Å²) < 4.78 is 1.45. The first kappa shape index (κ1) is 18.9. The molecule has 0 aliphatic carbocycles. The third-order valence-corrected chi connectivity index (χ3v) is 5.14. The molecule has 1 atom stereocenters. The predicted molar refractivity (Wildman–Crippen MR) is 110 cm³/mol. The molecule has 1 aromatic carbocycles. The van der Waals surface area contributed by atoms with Gasteiger partial charge in [0.05, 0.1) is 24.3 Å². The number of anilines is 1. The highest BCUT2D eigenvalue weighted by atomic mass is 16.2. The summed E-state index contributed by atoms with van der Waals surface area (Å²) in [4.78, 5) is 31.1. The van der Waals surface area contributed by atoms with E-state index in [1.807, 2.05) is 42.5 Å². The van der Waals surface area contributed by atoms with Gasteiger partial charge in [-0.1, -0.05) is 36.4 Å². The van der Waals surface area contributed by atoms with Crippen molar-refractivity contribution in [3.8, 4) is 0 Å². The number of pyridine rings is 1. The van der Waals surface area contributed by atoms with Crippen molar-refractivity contribution < 1.29 is 4.79 Å². The van der Waals surface area contributed by atoms with Crippen LogP contribution in [0, 0.1) is 5.92 Å². The molecule has 1 unspecified atom stereocenters. The van der Waals surface area contributed by atoms with Gasteiger partial charge in [0.2, 0.25) is 5.91 Å². The number of hydrogen-bond donors (Lipinski definition) is 1. The molecule has 1 saturated heterocycles. The molecule has 1 aliphatic rings. The molecule has 7 heteroatoms. The average Bonchev–Trinajstić information content (AvgIpc) is 3.25. The van der Waals surface area contributed by atoms with Crippen molar-refractivity contribution in [3.63, 3.8) is 0 Å². The fourth-order valence-corrected chi connectivity index (χ4v) is 3.52. The highest BCUT2D eigenvalue weighted by Gasteiger charge is 2.28. The zero-order chi connectivity index (χ0) is 20.1. The Balaban J connectivity index is 1.35. The van der Waals surface area contributed by atoms with Gasteiger partial charge in [0.15, 0.2) is 0 Å². The summed E-state index contributed by atoms with van der Waals surface area (Å²) in [5.74, 6) is -0.0693. The number of aromatic nitrogens is 3. The van der Waals surface area contributed by atoms with Crippen LogP contribution in [-0.2, 0) is 17.9 Å². The van der Waals surface area contributed by atoms with Crippen LogP contribution >= 0.6 is 0 Å². The lowest BCUT2D eigenvalue weighted by molar-refractivity contribution is -0.124. The summed E-state index contributed by atoms with van der Waals surface area (Å²) in [6.45, 7) is 2.23. The highest BCUT2D eigenvalue weighted by molar-refractivity contribution is 5.80. The second-order valence-corrected chi connectivity index (χ2v) is 7.21. The van der Waals surface area contributed by atoms with Gasteiger partial charge in [-0.05, 0) is 23.6 Å². The first-order valence-electron chi connectivity index (χ1n) is 9.72. The molecule has 7 nitrogen and oxygen atoms in total. The maximum atomic E-state index is 12.5. The molecule has 0 bridgehead atoms. The quantitative estimate of drug-likeness (QED) is 0.696. The lowest BCUT2D eigenvalue weighted by atomic mass is 10.1. The molecule has 1 amide bonds. The van der Waals surface area contributed by atoms with Crippen LogP contribution in [0.4, 0.5) is 5.69 Å². The maximum Gasteiger partial charge on any atom is 0.269 e. The van der Waals surface area contributed by atoms with E-state index < -0.39 is 0 Å². The van der Waals surface area contributed by atoms with Crippen LogP contribution in [0.1, 0.15) is 17.5 Å². The molecule has 148 valence electrons. The van der Waals surface area contributed by atoms with E-state index in [0.29, 0.717) is 19.6 Å². The standard InChI is InChI=1S/C22H23N5O2/c28-21-11-20(14-25-27(21)15-17-5-2-1-3-6-17)26-10-8-19(16-26)22(29)24-13-18-7-4-9-23-12-18/h1-7,9,11-12,14,19H,8,10,13,15-16H2,(H,24,29). The van der Waals surface area contributed by atoms with Crippen molar-refractivity contribution in [3.05, 3.63) is 88.6 Å². The van der Waals surface area contributed by atoms with Gasteiger partial charge in [0.1, 0.15) is 0 Å². The van der Waals surface area contributed by atoms with Crippen molar-refractivity contribution in [2.45, 2.75) is 19.5 Å². The Morgan fingerprint density at radius 2 is 1.93 bits per heavy atom. The van der Waals surface area contributed by atoms with Gasteiger partial charge >= 0.3 is 0 Å². The third kappa shape index (κ3) is 4.68. The van der Waals surface area contributed by atoms with Gasteiger partial charge in [-0.25, -0.2) is 4.68 Å². The average molecular weight is 389 g/mol. The van der Waals surface area contributed by atoms with Gasteiger partial charge < -0.3 is 10.2 Å². The van der Waals surface area contributed by atoms with Crippen LogP contribution in [0.5, 0.6) is 0 Å². The van der Waals surface area contributed by atoms with E-state index in [1.54, 1.807) is 24.7 Å². The monoisotopic (exact) mass is 389 g/mol. The van der Waals surface area contributed by atoms with Crippen molar-refractivity contribution in [2.24, 2.45) is 5.92 Å². The Morgan fingerprint density at radius 1 is 1.10 bits per heavy atom. The third-order valence-electron chi connectivity index (χ3n) is 5.14. The van der Waals surface area contributed by atoms with E-state index in [0.717, 1.165) is 29.8 Å². The molecule has 2 aromatic heterocycles. The van der Waals surface area contributed by atoms with Crippen LogP contribution in [0.25, 0.3) is 0 Å². The summed E-state index contributed by atoms with van der Waals surface area (Å²) in [7, 11) is 0. The van der Waals surface area contributed by atoms with E-state index in [2.05, 4.69) is 20.3 Å². The SMILES string of the molecule is O=C(NCc1cccnc1)C1CCN(c2cnn(Cc3ccccc3)c(=O)c2)C1. The number of amides is 1. The molecule has 0 radical (unpaired) electrons. The fourth-order valence-electron chi connectivity index (χ4n) is 3.52. The summed E-state index contributed by atoms with van der Waals surface area (Å²) in [6.07, 6.45) is 5.92. The molecule has 1 aliphatic heterocycles. The number of carbonyl (C=O) groups is 1. The topological polar surface area (TPSA) is 80.1 Å². The summed E-state index contributed by atoms with van der Waals surface area (Å²) in [5, 5.41) is 7.29. The van der Waals surface area contributed by atoms with Crippen LogP contribution in [0.3, 0.4) is 0 Å². The smallest absolute Gasteiger partial charge is 0.269 e. The number of benzene rings is 1. The summed E-state index contributed by atoms with van der Waals surface area (Å²) >= 11 is 0. The van der Waals surface area contributed by atoms with E-state index in [4.69, 9.17) is 0 Å². The first-order valence-corrected chi connectivity index (χ1v) is 9.72. The molecule has 4 rings (SSSR count). The lowest BCUT2D eigenvalue weighted by Gasteiger charge is -2.18. The predicted octanol–water partition coefficient (Wildman–Crippen LogP) is 1.83. The number of rotatable bonds is 6. The second kappa shape index (κ2) is 8.68. The molecule has 29 heavy (non-hydrogen) atoms. The molecular weight excluding hydrogens is 366 g/mol. The summed E-state index contributed by atoms with van der Waals surface area (Å²) in [6, 6.07) is 15.2.